The second-order valence-electron chi connectivity index (χ2n) is 6.50. The van der Waals surface area contributed by atoms with Crippen LogP contribution in [0, 0.1) is 5.92 Å². The van der Waals surface area contributed by atoms with Gasteiger partial charge in [0.15, 0.2) is 15.7 Å². The van der Waals surface area contributed by atoms with Crippen molar-refractivity contribution in [2.75, 3.05) is 16.8 Å². The first-order chi connectivity index (χ1) is 12.9. The van der Waals surface area contributed by atoms with Crippen molar-refractivity contribution in [3.05, 3.63) is 42.7 Å². The zero-order valence-electron chi connectivity index (χ0n) is 14.6. The van der Waals surface area contributed by atoms with Crippen LogP contribution in [0.25, 0.3) is 10.9 Å². The molecular formula is C18H18N4O4S. The zero-order chi connectivity index (χ0) is 19.0. The van der Waals surface area contributed by atoms with Crippen LogP contribution in [0.1, 0.15) is 6.42 Å². The van der Waals surface area contributed by atoms with Gasteiger partial charge in [-0.2, -0.15) is 5.10 Å². The number of pyridine rings is 1. The monoisotopic (exact) mass is 386 g/mol. The molecule has 0 bridgehead atoms. The molecule has 3 aromatic rings. The van der Waals surface area contributed by atoms with Crippen molar-refractivity contribution in [3.8, 4) is 11.5 Å². The van der Waals surface area contributed by atoms with Crippen molar-refractivity contribution >= 4 is 32.5 Å². The van der Waals surface area contributed by atoms with E-state index in [2.05, 4.69) is 15.4 Å². The number of anilines is 1. The Morgan fingerprint density at radius 2 is 2.15 bits per heavy atom. The van der Waals surface area contributed by atoms with Gasteiger partial charge in [-0.3, -0.25) is 14.5 Å². The Morgan fingerprint density at radius 3 is 2.85 bits per heavy atom. The van der Waals surface area contributed by atoms with Crippen LogP contribution in [0.3, 0.4) is 0 Å². The van der Waals surface area contributed by atoms with Crippen LogP contribution < -0.4 is 10.1 Å². The molecule has 140 valence electrons. The molecular weight excluding hydrogens is 368 g/mol. The molecule has 3 heterocycles. The first-order valence-electron chi connectivity index (χ1n) is 8.48. The number of nitrogens with zero attached hydrogens (tertiary/aromatic N) is 3. The van der Waals surface area contributed by atoms with Crippen LogP contribution >= 0.6 is 0 Å². The van der Waals surface area contributed by atoms with E-state index >= 15 is 0 Å². The number of amides is 1. The third-order valence-corrected chi connectivity index (χ3v) is 6.31. The number of aromatic nitrogens is 3. The van der Waals surface area contributed by atoms with E-state index in [1.807, 2.05) is 12.1 Å². The van der Waals surface area contributed by atoms with Crippen LogP contribution in [-0.2, 0) is 21.7 Å². The van der Waals surface area contributed by atoms with Gasteiger partial charge in [0.05, 0.1) is 34.5 Å². The predicted molar refractivity (Wildman–Crippen MR) is 100 cm³/mol. The summed E-state index contributed by atoms with van der Waals surface area (Å²) in [6.07, 6.45) is 3.58. The lowest BCUT2D eigenvalue weighted by Gasteiger charge is -2.10. The number of rotatable bonds is 4. The summed E-state index contributed by atoms with van der Waals surface area (Å²) in [5, 5.41) is 7.81. The second-order valence-corrected chi connectivity index (χ2v) is 8.73. The SMILES string of the molecule is Cn1nc(NC(=O)[C@@H]2CCS(=O)(=O)C2)c2c(Oc3cccnc3)cccc21. The lowest BCUT2D eigenvalue weighted by molar-refractivity contribution is -0.119. The second kappa shape index (κ2) is 6.66. The number of nitrogens with one attached hydrogen (secondary N) is 1. The number of fused-ring (bicyclic) bond motifs is 1. The van der Waals surface area contributed by atoms with E-state index in [-0.39, 0.29) is 17.4 Å². The minimum absolute atomic E-state index is 0.0451. The van der Waals surface area contributed by atoms with Crippen LogP contribution in [-0.4, -0.2) is 40.6 Å². The molecule has 4 rings (SSSR count). The van der Waals surface area contributed by atoms with Gasteiger partial charge in [-0.15, -0.1) is 0 Å². The summed E-state index contributed by atoms with van der Waals surface area (Å²) in [7, 11) is -1.37. The fraction of sp³-hybridized carbons (Fsp3) is 0.278. The lowest BCUT2D eigenvalue weighted by atomic mass is 10.1. The average molecular weight is 386 g/mol. The van der Waals surface area contributed by atoms with Crippen molar-refractivity contribution in [1.29, 1.82) is 0 Å². The number of ether oxygens (including phenoxy) is 1. The first-order valence-corrected chi connectivity index (χ1v) is 10.3. The Balaban J connectivity index is 1.68. The van der Waals surface area contributed by atoms with Crippen LogP contribution in [0.15, 0.2) is 42.7 Å². The molecule has 0 aliphatic carbocycles. The molecule has 1 atom stereocenters. The summed E-state index contributed by atoms with van der Waals surface area (Å²) in [5.74, 6) is 0.467. The maximum Gasteiger partial charge on any atom is 0.229 e. The van der Waals surface area contributed by atoms with Gasteiger partial charge >= 0.3 is 0 Å². The summed E-state index contributed by atoms with van der Waals surface area (Å²) in [5.41, 5.74) is 0.783. The van der Waals surface area contributed by atoms with Gasteiger partial charge in [0.25, 0.3) is 0 Å². The van der Waals surface area contributed by atoms with Gasteiger partial charge in [-0.1, -0.05) is 6.07 Å². The fourth-order valence-corrected chi connectivity index (χ4v) is 4.95. The van der Waals surface area contributed by atoms with Crippen molar-refractivity contribution in [3.63, 3.8) is 0 Å². The highest BCUT2D eigenvalue weighted by atomic mass is 32.2. The summed E-state index contributed by atoms with van der Waals surface area (Å²) in [6.45, 7) is 0. The van der Waals surface area contributed by atoms with Gasteiger partial charge in [-0.25, -0.2) is 8.42 Å². The molecule has 1 aliphatic rings. The van der Waals surface area contributed by atoms with E-state index in [0.717, 1.165) is 5.52 Å². The Morgan fingerprint density at radius 1 is 1.30 bits per heavy atom. The van der Waals surface area contributed by atoms with Crippen molar-refractivity contribution in [1.82, 2.24) is 14.8 Å². The first kappa shape index (κ1) is 17.5. The minimum atomic E-state index is -3.14. The quantitative estimate of drug-likeness (QED) is 0.737. The molecule has 27 heavy (non-hydrogen) atoms. The lowest BCUT2D eigenvalue weighted by Crippen LogP contribution is -2.24. The summed E-state index contributed by atoms with van der Waals surface area (Å²) >= 11 is 0. The molecule has 1 N–H and O–H groups in total. The molecule has 0 saturated carbocycles. The number of hydrogen-bond donors (Lipinski definition) is 1. The Kier molecular flexibility index (Phi) is 4.31. The standard InChI is InChI=1S/C18H18N4O4S/c1-22-14-5-2-6-15(26-13-4-3-8-19-10-13)16(14)17(21-22)20-18(23)12-7-9-27(24,25)11-12/h2-6,8,10,12H,7,9,11H2,1H3,(H,20,21,23)/t12-/m1/s1. The molecule has 9 heteroatoms. The van der Waals surface area contributed by atoms with Crippen molar-refractivity contribution in [2.24, 2.45) is 13.0 Å². The molecule has 1 saturated heterocycles. The number of hydrogen-bond acceptors (Lipinski definition) is 6. The normalized spacial score (nSPS) is 18.5. The van der Waals surface area contributed by atoms with Crippen LogP contribution in [0.4, 0.5) is 5.82 Å². The Hall–Kier alpha value is -2.94. The molecule has 1 fully saturated rings. The van der Waals surface area contributed by atoms with Crippen molar-refractivity contribution in [2.45, 2.75) is 6.42 Å². The highest BCUT2D eigenvalue weighted by Gasteiger charge is 2.33. The topological polar surface area (TPSA) is 103 Å². The van der Waals surface area contributed by atoms with Gasteiger partial charge < -0.3 is 10.1 Å². The number of aryl methyl sites for hydroxylation is 1. The molecule has 1 aliphatic heterocycles. The Labute approximate surface area is 156 Å². The van der Waals surface area contributed by atoms with E-state index in [0.29, 0.717) is 29.1 Å². The molecule has 0 unspecified atom stereocenters. The smallest absolute Gasteiger partial charge is 0.229 e. The van der Waals surface area contributed by atoms with Gasteiger partial charge in [0.1, 0.15) is 11.5 Å². The average Bonchev–Trinajstić information content (AvgIpc) is 3.16. The number of carbonyl (C=O) groups is 1. The van der Waals surface area contributed by atoms with Crippen LogP contribution in [0.2, 0.25) is 0 Å². The van der Waals surface area contributed by atoms with E-state index in [1.165, 1.54) is 0 Å². The molecule has 1 aromatic carbocycles. The van der Waals surface area contributed by atoms with Gasteiger partial charge in [0.2, 0.25) is 5.91 Å². The van der Waals surface area contributed by atoms with Gasteiger partial charge in [-0.05, 0) is 30.7 Å². The maximum atomic E-state index is 12.5. The summed E-state index contributed by atoms with van der Waals surface area (Å²) in [6, 6.07) is 9.04. The summed E-state index contributed by atoms with van der Waals surface area (Å²) < 4.78 is 30.9. The van der Waals surface area contributed by atoms with Crippen molar-refractivity contribution < 1.29 is 17.9 Å². The number of benzene rings is 1. The molecule has 8 nitrogen and oxygen atoms in total. The number of sulfone groups is 1. The van der Waals surface area contributed by atoms with E-state index in [1.54, 1.807) is 42.3 Å². The van der Waals surface area contributed by atoms with Crippen LogP contribution in [0.5, 0.6) is 11.5 Å². The Bertz CT molecular complexity index is 1110. The van der Waals surface area contributed by atoms with E-state index < -0.39 is 15.8 Å². The molecule has 0 spiro atoms. The van der Waals surface area contributed by atoms with Gasteiger partial charge in [0, 0.05) is 13.2 Å². The minimum Gasteiger partial charge on any atom is -0.455 e. The largest absolute Gasteiger partial charge is 0.455 e. The molecule has 0 radical (unpaired) electrons. The highest BCUT2D eigenvalue weighted by molar-refractivity contribution is 7.91. The fourth-order valence-electron chi connectivity index (χ4n) is 3.21. The predicted octanol–water partition coefficient (Wildman–Crippen LogP) is 2.13. The zero-order valence-corrected chi connectivity index (χ0v) is 15.4. The van der Waals surface area contributed by atoms with E-state index in [4.69, 9.17) is 4.74 Å². The molecule has 2 aromatic heterocycles. The molecule has 1 amide bonds. The third kappa shape index (κ3) is 3.50. The summed E-state index contributed by atoms with van der Waals surface area (Å²) in [4.78, 5) is 16.6. The highest BCUT2D eigenvalue weighted by Crippen LogP contribution is 2.35. The third-order valence-electron chi connectivity index (χ3n) is 4.55. The van der Waals surface area contributed by atoms with E-state index in [9.17, 15) is 13.2 Å². The maximum absolute atomic E-state index is 12.5. The number of carbonyl (C=O) groups excluding carboxylic acids is 1.